The van der Waals surface area contributed by atoms with Gasteiger partial charge >= 0.3 is 0 Å². The van der Waals surface area contributed by atoms with Crippen LogP contribution in [0.1, 0.15) is 12.1 Å². The number of imidazole rings is 1. The van der Waals surface area contributed by atoms with Crippen molar-refractivity contribution in [3.05, 3.63) is 46.5 Å². The largest absolute Gasteiger partial charge is 0.379 e. The molecule has 3 aromatic heterocycles. The van der Waals surface area contributed by atoms with Crippen molar-refractivity contribution < 1.29 is 9.53 Å². The van der Waals surface area contributed by atoms with Crippen LogP contribution in [0.5, 0.6) is 0 Å². The van der Waals surface area contributed by atoms with Gasteiger partial charge in [-0.25, -0.2) is 10.1 Å². The Morgan fingerprint density at radius 3 is 2.79 bits per heavy atom. The first-order valence-corrected chi connectivity index (χ1v) is 11.1. The molecule has 33 heavy (non-hydrogen) atoms. The summed E-state index contributed by atoms with van der Waals surface area (Å²) < 4.78 is 7.39. The Morgan fingerprint density at radius 2 is 1.97 bits per heavy atom. The molecule has 0 radical (unpaired) electrons. The van der Waals surface area contributed by atoms with Crippen LogP contribution in [0, 0.1) is 6.92 Å². The molecular weight excluding hydrogens is 424 g/mol. The van der Waals surface area contributed by atoms with Gasteiger partial charge in [-0.1, -0.05) is 12.1 Å². The van der Waals surface area contributed by atoms with Crippen molar-refractivity contribution in [2.24, 2.45) is 0 Å². The van der Waals surface area contributed by atoms with Crippen LogP contribution in [-0.4, -0.2) is 80.1 Å². The number of benzene rings is 1. The Labute approximate surface area is 189 Å². The summed E-state index contributed by atoms with van der Waals surface area (Å²) in [6.07, 6.45) is 1.93. The summed E-state index contributed by atoms with van der Waals surface area (Å²) in [6.45, 7) is 5.83. The summed E-state index contributed by atoms with van der Waals surface area (Å²) >= 11 is 0. The summed E-state index contributed by atoms with van der Waals surface area (Å²) in [5.41, 5.74) is 3.06. The third kappa shape index (κ3) is 4.31. The summed E-state index contributed by atoms with van der Waals surface area (Å²) in [6, 6.07) is 7.96. The molecule has 0 spiro atoms. The van der Waals surface area contributed by atoms with Crippen LogP contribution >= 0.6 is 0 Å². The molecule has 1 fully saturated rings. The lowest BCUT2D eigenvalue weighted by atomic mass is 10.3. The number of para-hydroxylation sites is 2. The number of nitrogens with one attached hydrogen (secondary N) is 2. The maximum Gasteiger partial charge on any atom is 0.275 e. The van der Waals surface area contributed by atoms with E-state index in [0.717, 1.165) is 30.1 Å². The fourth-order valence-corrected chi connectivity index (χ4v) is 4.22. The minimum atomic E-state index is -0.247. The number of rotatable bonds is 7. The van der Waals surface area contributed by atoms with E-state index < -0.39 is 0 Å². The molecule has 0 bridgehead atoms. The molecule has 5 rings (SSSR count). The lowest BCUT2D eigenvalue weighted by Crippen LogP contribution is -2.49. The van der Waals surface area contributed by atoms with E-state index in [4.69, 9.17) is 4.74 Å². The Kier molecular flexibility index (Phi) is 5.78. The first kappa shape index (κ1) is 21.1. The summed E-state index contributed by atoms with van der Waals surface area (Å²) in [7, 11) is 0. The molecule has 11 nitrogen and oxygen atoms in total. The summed E-state index contributed by atoms with van der Waals surface area (Å²) in [4.78, 5) is 36.5. The third-order valence-electron chi connectivity index (χ3n) is 5.96. The number of aromatic nitrogens is 6. The van der Waals surface area contributed by atoms with Crippen LogP contribution in [0.2, 0.25) is 0 Å². The lowest BCUT2D eigenvalue weighted by Gasteiger charge is -2.34. The van der Waals surface area contributed by atoms with Crippen molar-refractivity contribution >= 4 is 33.8 Å². The van der Waals surface area contributed by atoms with E-state index in [-0.39, 0.29) is 11.5 Å². The van der Waals surface area contributed by atoms with Gasteiger partial charge in [-0.05, 0) is 19.1 Å². The third-order valence-corrected chi connectivity index (χ3v) is 5.96. The molecule has 4 heterocycles. The van der Waals surface area contributed by atoms with E-state index >= 15 is 0 Å². The van der Waals surface area contributed by atoms with Crippen LogP contribution in [0.25, 0.3) is 21.9 Å². The van der Waals surface area contributed by atoms with Crippen molar-refractivity contribution in [1.82, 2.24) is 34.8 Å². The Balaban J connectivity index is 1.06. The maximum absolute atomic E-state index is 12.6. The standard InChI is InChI=1S/C22H26N8O3/c1-15-20-18(14-23-26-21(20)32)30(27-15)11-13-33-12-6-19(31)28-7-9-29(10-8-28)22-24-16-4-2-3-5-17(16)25-22/h2-5,14H,6-13H2,1H3,(H,24,25)(H,26,32). The molecule has 2 N–H and O–H groups in total. The first-order chi connectivity index (χ1) is 16.1. The van der Waals surface area contributed by atoms with Gasteiger partial charge < -0.3 is 19.5 Å². The van der Waals surface area contributed by atoms with Gasteiger partial charge in [-0.3, -0.25) is 14.3 Å². The molecule has 0 aliphatic carbocycles. The number of fused-ring (bicyclic) bond motifs is 2. The second-order valence-electron chi connectivity index (χ2n) is 8.08. The highest BCUT2D eigenvalue weighted by molar-refractivity contribution is 5.80. The smallest absolute Gasteiger partial charge is 0.275 e. The topological polar surface area (TPSA) is 125 Å². The van der Waals surface area contributed by atoms with E-state index in [9.17, 15) is 9.59 Å². The zero-order valence-corrected chi connectivity index (χ0v) is 18.5. The molecule has 4 aromatic rings. The SMILES string of the molecule is Cc1nn(CCOCCC(=O)N2CCN(c3nc4ccccc4[nH]3)CC2)c2cn[nH]c(=O)c12. The molecular formula is C22H26N8O3. The number of amides is 1. The molecule has 0 unspecified atom stereocenters. The predicted molar refractivity (Wildman–Crippen MR) is 123 cm³/mol. The normalized spacial score (nSPS) is 14.5. The van der Waals surface area contributed by atoms with Crippen molar-refractivity contribution in [2.45, 2.75) is 19.9 Å². The van der Waals surface area contributed by atoms with Gasteiger partial charge in [0.25, 0.3) is 5.56 Å². The Morgan fingerprint density at radius 1 is 1.15 bits per heavy atom. The first-order valence-electron chi connectivity index (χ1n) is 11.1. The number of nitrogens with zero attached hydrogens (tertiary/aromatic N) is 6. The predicted octanol–water partition coefficient (Wildman–Crippen LogP) is 1.06. The maximum atomic E-state index is 12.6. The van der Waals surface area contributed by atoms with Gasteiger partial charge in [-0.2, -0.15) is 10.2 Å². The fraction of sp³-hybridized carbons (Fsp3) is 0.409. The number of aromatic amines is 2. The van der Waals surface area contributed by atoms with E-state index in [1.54, 1.807) is 17.8 Å². The molecule has 1 aliphatic rings. The summed E-state index contributed by atoms with van der Waals surface area (Å²) in [5, 5.41) is 11.2. The van der Waals surface area contributed by atoms with E-state index in [2.05, 4.69) is 30.2 Å². The van der Waals surface area contributed by atoms with Crippen molar-refractivity contribution in [3.63, 3.8) is 0 Å². The molecule has 172 valence electrons. The average molecular weight is 451 g/mol. The zero-order valence-electron chi connectivity index (χ0n) is 18.5. The zero-order chi connectivity index (χ0) is 22.8. The van der Waals surface area contributed by atoms with Gasteiger partial charge in [-0.15, -0.1) is 0 Å². The molecule has 0 atom stereocenters. The highest BCUT2D eigenvalue weighted by Gasteiger charge is 2.22. The van der Waals surface area contributed by atoms with Gasteiger partial charge in [0.2, 0.25) is 11.9 Å². The van der Waals surface area contributed by atoms with Crippen molar-refractivity contribution in [2.75, 3.05) is 44.3 Å². The minimum Gasteiger partial charge on any atom is -0.379 e. The molecule has 1 aliphatic heterocycles. The summed E-state index contributed by atoms with van der Waals surface area (Å²) in [5.74, 6) is 0.945. The number of carbonyl (C=O) groups is 1. The fourth-order valence-electron chi connectivity index (χ4n) is 4.22. The second-order valence-corrected chi connectivity index (χ2v) is 8.08. The minimum absolute atomic E-state index is 0.0929. The van der Waals surface area contributed by atoms with E-state index in [0.29, 0.717) is 55.9 Å². The Bertz CT molecular complexity index is 1300. The van der Waals surface area contributed by atoms with Crippen LogP contribution in [-0.2, 0) is 16.1 Å². The van der Waals surface area contributed by atoms with Gasteiger partial charge in [0.05, 0.1) is 60.0 Å². The van der Waals surface area contributed by atoms with E-state index in [1.165, 1.54) is 0 Å². The number of hydrogen-bond donors (Lipinski definition) is 2. The van der Waals surface area contributed by atoms with Gasteiger partial charge in [0.1, 0.15) is 0 Å². The number of hydrogen-bond acceptors (Lipinski definition) is 7. The van der Waals surface area contributed by atoms with Crippen molar-refractivity contribution in [3.8, 4) is 0 Å². The quantitative estimate of drug-likeness (QED) is 0.403. The van der Waals surface area contributed by atoms with Crippen LogP contribution < -0.4 is 10.5 Å². The molecule has 0 saturated carbocycles. The molecule has 1 amide bonds. The van der Waals surface area contributed by atoms with Crippen LogP contribution in [0.4, 0.5) is 5.95 Å². The number of carbonyl (C=O) groups excluding carboxylic acids is 1. The van der Waals surface area contributed by atoms with Gasteiger partial charge in [0.15, 0.2) is 0 Å². The Hall–Kier alpha value is -3.73. The molecule has 1 saturated heterocycles. The number of ether oxygens (including phenoxy) is 1. The van der Waals surface area contributed by atoms with Crippen molar-refractivity contribution in [1.29, 1.82) is 0 Å². The second kappa shape index (κ2) is 9.02. The lowest BCUT2D eigenvalue weighted by molar-refractivity contribution is -0.132. The van der Waals surface area contributed by atoms with Crippen LogP contribution in [0.3, 0.4) is 0 Å². The molecule has 11 heteroatoms. The molecule has 1 aromatic carbocycles. The monoisotopic (exact) mass is 450 g/mol. The number of piperazine rings is 1. The van der Waals surface area contributed by atoms with E-state index in [1.807, 2.05) is 29.2 Å². The van der Waals surface area contributed by atoms with Gasteiger partial charge in [0, 0.05) is 26.2 Å². The average Bonchev–Trinajstić information content (AvgIpc) is 3.41. The number of anilines is 1. The highest BCUT2D eigenvalue weighted by Crippen LogP contribution is 2.18. The highest BCUT2D eigenvalue weighted by atomic mass is 16.5. The van der Waals surface area contributed by atoms with Crippen LogP contribution in [0.15, 0.2) is 35.3 Å². The number of H-pyrrole nitrogens is 2. The number of aryl methyl sites for hydroxylation is 1.